The molecule has 4 nitrogen and oxygen atoms in total. The van der Waals surface area contributed by atoms with Crippen molar-refractivity contribution in [2.45, 2.75) is 33.8 Å². The maximum absolute atomic E-state index is 14.6. The standard InChI is InChI=1S/C18H21FN2O2/c1-11(22)16-15(19)13(9-10-20-16)12-7-5-6-8-14(12)21-17(23)18(2,3)4/h5-11,22H,1-4H3,(H,21,23). The molecule has 5 heteroatoms. The fraction of sp³-hybridized carbons (Fsp3) is 0.333. The van der Waals surface area contributed by atoms with E-state index in [4.69, 9.17) is 0 Å². The summed E-state index contributed by atoms with van der Waals surface area (Å²) in [7, 11) is 0. The zero-order chi connectivity index (χ0) is 17.2. The fourth-order valence-electron chi connectivity index (χ4n) is 2.10. The van der Waals surface area contributed by atoms with Gasteiger partial charge < -0.3 is 10.4 Å². The van der Waals surface area contributed by atoms with Gasteiger partial charge in [-0.2, -0.15) is 0 Å². The number of hydrogen-bond acceptors (Lipinski definition) is 3. The van der Waals surface area contributed by atoms with Gasteiger partial charge in [-0.3, -0.25) is 9.78 Å². The van der Waals surface area contributed by atoms with Gasteiger partial charge in [-0.25, -0.2) is 4.39 Å². The largest absolute Gasteiger partial charge is 0.387 e. The molecule has 1 heterocycles. The number of aliphatic hydroxyl groups is 1. The Balaban J connectivity index is 2.50. The summed E-state index contributed by atoms with van der Waals surface area (Å²) in [6, 6.07) is 8.52. The van der Waals surface area contributed by atoms with Crippen LogP contribution in [0.3, 0.4) is 0 Å². The molecule has 0 aliphatic heterocycles. The number of amides is 1. The van der Waals surface area contributed by atoms with Crippen LogP contribution in [0, 0.1) is 11.2 Å². The molecule has 1 amide bonds. The van der Waals surface area contributed by atoms with Gasteiger partial charge in [0.25, 0.3) is 0 Å². The molecule has 1 unspecified atom stereocenters. The van der Waals surface area contributed by atoms with Crippen LogP contribution in [0.25, 0.3) is 11.1 Å². The van der Waals surface area contributed by atoms with Gasteiger partial charge in [0.15, 0.2) is 5.82 Å². The normalized spacial score (nSPS) is 12.8. The smallest absolute Gasteiger partial charge is 0.229 e. The first kappa shape index (κ1) is 17.1. The van der Waals surface area contributed by atoms with Gasteiger partial charge in [-0.05, 0) is 19.1 Å². The Hall–Kier alpha value is -2.27. The van der Waals surface area contributed by atoms with Crippen molar-refractivity contribution in [3.63, 3.8) is 0 Å². The number of halogens is 1. The van der Waals surface area contributed by atoms with Crippen LogP contribution in [0.5, 0.6) is 0 Å². The molecule has 0 spiro atoms. The minimum Gasteiger partial charge on any atom is -0.387 e. The lowest BCUT2D eigenvalue weighted by Gasteiger charge is -2.20. The van der Waals surface area contributed by atoms with E-state index in [-0.39, 0.29) is 11.6 Å². The van der Waals surface area contributed by atoms with Crippen molar-refractivity contribution in [3.05, 3.63) is 48.0 Å². The molecule has 1 atom stereocenters. The number of nitrogens with one attached hydrogen (secondary N) is 1. The molecule has 0 aliphatic carbocycles. The zero-order valence-electron chi connectivity index (χ0n) is 13.7. The number of anilines is 1. The minimum atomic E-state index is -1.01. The quantitative estimate of drug-likeness (QED) is 0.902. The van der Waals surface area contributed by atoms with Crippen molar-refractivity contribution in [1.82, 2.24) is 4.98 Å². The van der Waals surface area contributed by atoms with Crippen LogP contribution in [-0.2, 0) is 4.79 Å². The highest BCUT2D eigenvalue weighted by molar-refractivity contribution is 5.98. The number of carbonyl (C=O) groups is 1. The third-order valence-electron chi connectivity index (χ3n) is 3.46. The Bertz CT molecular complexity index is 721. The summed E-state index contributed by atoms with van der Waals surface area (Å²) in [4.78, 5) is 16.1. The van der Waals surface area contributed by atoms with E-state index in [9.17, 15) is 14.3 Å². The highest BCUT2D eigenvalue weighted by Crippen LogP contribution is 2.32. The third-order valence-corrected chi connectivity index (χ3v) is 3.46. The number of nitrogens with zero attached hydrogens (tertiary/aromatic N) is 1. The molecular formula is C18H21FN2O2. The summed E-state index contributed by atoms with van der Waals surface area (Å²) in [6.45, 7) is 6.89. The van der Waals surface area contributed by atoms with Crippen LogP contribution < -0.4 is 5.32 Å². The number of rotatable bonds is 3. The summed E-state index contributed by atoms with van der Waals surface area (Å²) in [5.74, 6) is -0.741. The van der Waals surface area contributed by atoms with Gasteiger partial charge in [-0.15, -0.1) is 0 Å². The Labute approximate surface area is 135 Å². The molecule has 0 radical (unpaired) electrons. The Morgan fingerprint density at radius 1 is 1.22 bits per heavy atom. The SMILES string of the molecule is CC(O)c1nccc(-c2ccccc2NC(=O)C(C)(C)C)c1F. The second-order valence-corrected chi connectivity index (χ2v) is 6.48. The lowest BCUT2D eigenvalue weighted by Crippen LogP contribution is -2.27. The van der Waals surface area contributed by atoms with E-state index in [1.807, 2.05) is 20.8 Å². The summed E-state index contributed by atoms with van der Waals surface area (Å²) >= 11 is 0. The van der Waals surface area contributed by atoms with E-state index in [0.717, 1.165) is 0 Å². The van der Waals surface area contributed by atoms with E-state index in [2.05, 4.69) is 10.3 Å². The zero-order valence-corrected chi connectivity index (χ0v) is 13.7. The van der Waals surface area contributed by atoms with Crippen molar-refractivity contribution in [1.29, 1.82) is 0 Å². The topological polar surface area (TPSA) is 62.2 Å². The van der Waals surface area contributed by atoms with Crippen LogP contribution in [-0.4, -0.2) is 16.0 Å². The molecule has 1 aromatic heterocycles. The van der Waals surface area contributed by atoms with Crippen molar-refractivity contribution >= 4 is 11.6 Å². The number of aliphatic hydroxyl groups excluding tert-OH is 1. The Morgan fingerprint density at radius 2 is 1.87 bits per heavy atom. The molecule has 2 aromatic rings. The Kier molecular flexibility index (Phi) is 4.80. The molecule has 23 heavy (non-hydrogen) atoms. The van der Waals surface area contributed by atoms with Crippen molar-refractivity contribution in [3.8, 4) is 11.1 Å². The molecule has 0 aliphatic rings. The second kappa shape index (κ2) is 6.46. The van der Waals surface area contributed by atoms with Crippen LogP contribution >= 0.6 is 0 Å². The molecule has 0 saturated heterocycles. The molecule has 1 aromatic carbocycles. The van der Waals surface area contributed by atoms with Gasteiger partial charge in [-0.1, -0.05) is 39.0 Å². The van der Waals surface area contributed by atoms with E-state index >= 15 is 0 Å². The molecular weight excluding hydrogens is 295 g/mol. The lowest BCUT2D eigenvalue weighted by atomic mass is 9.95. The average molecular weight is 316 g/mol. The first-order chi connectivity index (χ1) is 10.7. The van der Waals surface area contributed by atoms with Crippen molar-refractivity contribution in [2.75, 3.05) is 5.32 Å². The van der Waals surface area contributed by atoms with Crippen molar-refractivity contribution in [2.24, 2.45) is 5.41 Å². The number of carbonyl (C=O) groups excluding carboxylic acids is 1. The van der Waals surface area contributed by atoms with Gasteiger partial charge in [0.2, 0.25) is 5.91 Å². The van der Waals surface area contributed by atoms with E-state index in [0.29, 0.717) is 16.8 Å². The number of pyridine rings is 1. The van der Waals surface area contributed by atoms with Crippen LogP contribution in [0.15, 0.2) is 36.5 Å². The average Bonchev–Trinajstić information content (AvgIpc) is 2.47. The summed E-state index contributed by atoms with van der Waals surface area (Å²) < 4.78 is 14.6. The number of hydrogen-bond donors (Lipinski definition) is 2. The third kappa shape index (κ3) is 3.74. The van der Waals surface area contributed by atoms with E-state index < -0.39 is 17.3 Å². The van der Waals surface area contributed by atoms with Gasteiger partial charge in [0.1, 0.15) is 5.69 Å². The van der Waals surface area contributed by atoms with Gasteiger partial charge in [0.05, 0.1) is 6.10 Å². The van der Waals surface area contributed by atoms with Crippen molar-refractivity contribution < 1.29 is 14.3 Å². The van der Waals surface area contributed by atoms with Gasteiger partial charge in [0, 0.05) is 28.4 Å². The second-order valence-electron chi connectivity index (χ2n) is 6.48. The van der Waals surface area contributed by atoms with Crippen LogP contribution in [0.4, 0.5) is 10.1 Å². The maximum atomic E-state index is 14.6. The highest BCUT2D eigenvalue weighted by atomic mass is 19.1. The summed E-state index contributed by atoms with van der Waals surface area (Å²) in [6.07, 6.45) is 0.439. The fourth-order valence-corrected chi connectivity index (χ4v) is 2.10. The summed E-state index contributed by atoms with van der Waals surface area (Å²) in [5, 5.41) is 12.5. The predicted octanol–water partition coefficient (Wildman–Crippen LogP) is 3.93. The highest BCUT2D eigenvalue weighted by Gasteiger charge is 2.23. The first-order valence-electron chi connectivity index (χ1n) is 7.45. The maximum Gasteiger partial charge on any atom is 0.229 e. The monoisotopic (exact) mass is 316 g/mol. The van der Waals surface area contributed by atoms with Crippen LogP contribution in [0.1, 0.15) is 39.5 Å². The lowest BCUT2D eigenvalue weighted by molar-refractivity contribution is -0.123. The molecule has 2 N–H and O–H groups in total. The predicted molar refractivity (Wildman–Crippen MR) is 88.3 cm³/mol. The number of benzene rings is 1. The molecule has 122 valence electrons. The van der Waals surface area contributed by atoms with Gasteiger partial charge >= 0.3 is 0 Å². The summed E-state index contributed by atoms with van der Waals surface area (Å²) in [5.41, 5.74) is 0.787. The number of para-hydroxylation sites is 1. The van der Waals surface area contributed by atoms with E-state index in [1.54, 1.807) is 24.3 Å². The molecule has 0 saturated carbocycles. The van der Waals surface area contributed by atoms with E-state index in [1.165, 1.54) is 19.2 Å². The molecule has 2 rings (SSSR count). The number of aromatic nitrogens is 1. The Morgan fingerprint density at radius 3 is 2.48 bits per heavy atom. The van der Waals surface area contributed by atoms with Crippen LogP contribution in [0.2, 0.25) is 0 Å². The molecule has 0 bridgehead atoms. The minimum absolute atomic E-state index is 0.0144. The first-order valence-corrected chi connectivity index (χ1v) is 7.45. The molecule has 0 fully saturated rings.